The van der Waals surface area contributed by atoms with Crippen molar-refractivity contribution >= 4 is 27.6 Å². The average molecular weight is 348 g/mol. The molecule has 0 atom stereocenters. The Bertz CT molecular complexity index is 628. The molecule has 2 rings (SSSR count). The fraction of sp³-hybridized carbons (Fsp3) is 0.235. The number of hydrogen-bond acceptors (Lipinski definition) is 2. The quantitative estimate of drug-likeness (QED) is 0.849. The monoisotopic (exact) mass is 347 g/mol. The van der Waals surface area contributed by atoms with Gasteiger partial charge in [0.1, 0.15) is 0 Å². The number of aliphatic carboxylic acids is 1. The first-order chi connectivity index (χ1) is 10.1. The van der Waals surface area contributed by atoms with Gasteiger partial charge in [0.2, 0.25) is 0 Å². The van der Waals surface area contributed by atoms with Gasteiger partial charge in [0.25, 0.3) is 0 Å². The molecule has 4 heteroatoms. The van der Waals surface area contributed by atoms with Crippen molar-refractivity contribution in [3.8, 4) is 0 Å². The number of carbonyl (C=O) groups is 1. The van der Waals surface area contributed by atoms with E-state index in [-0.39, 0.29) is 6.42 Å². The number of nitrogens with zero attached hydrogens (tertiary/aromatic N) is 1. The third-order valence-electron chi connectivity index (χ3n) is 3.31. The minimum absolute atomic E-state index is 0.127. The molecule has 3 nitrogen and oxygen atoms in total. The maximum absolute atomic E-state index is 10.9. The molecule has 110 valence electrons. The van der Waals surface area contributed by atoms with Crippen LogP contribution in [-0.4, -0.2) is 17.6 Å². The van der Waals surface area contributed by atoms with Crippen LogP contribution in [0.3, 0.4) is 0 Å². The normalized spacial score (nSPS) is 10.4. The second-order valence-corrected chi connectivity index (χ2v) is 5.90. The number of rotatable bonds is 6. The molecule has 0 heterocycles. The molecule has 2 aromatic rings. The predicted molar refractivity (Wildman–Crippen MR) is 88.6 cm³/mol. The van der Waals surface area contributed by atoms with Crippen LogP contribution in [-0.2, 0) is 11.3 Å². The van der Waals surface area contributed by atoms with Crippen molar-refractivity contribution in [3.05, 3.63) is 64.1 Å². The summed E-state index contributed by atoms with van der Waals surface area (Å²) in [6, 6.07) is 16.2. The molecule has 0 aromatic heterocycles. The lowest BCUT2D eigenvalue weighted by Crippen LogP contribution is -2.26. The van der Waals surface area contributed by atoms with Crippen molar-refractivity contribution < 1.29 is 9.90 Å². The second kappa shape index (κ2) is 7.27. The molecule has 1 N–H and O–H groups in total. The number of anilines is 1. The fourth-order valence-electron chi connectivity index (χ4n) is 2.29. The summed E-state index contributed by atoms with van der Waals surface area (Å²) >= 11 is 3.47. The zero-order valence-corrected chi connectivity index (χ0v) is 13.5. The van der Waals surface area contributed by atoms with Crippen molar-refractivity contribution in [2.24, 2.45) is 0 Å². The molecule has 0 aliphatic rings. The van der Waals surface area contributed by atoms with E-state index in [1.807, 2.05) is 43.3 Å². The van der Waals surface area contributed by atoms with Gasteiger partial charge in [0.15, 0.2) is 0 Å². The summed E-state index contributed by atoms with van der Waals surface area (Å²) in [5.41, 5.74) is 3.38. The largest absolute Gasteiger partial charge is 0.481 e. The van der Waals surface area contributed by atoms with E-state index in [1.165, 1.54) is 0 Å². The number of aryl methyl sites for hydroxylation is 1. The third-order valence-corrected chi connectivity index (χ3v) is 3.81. The van der Waals surface area contributed by atoms with Crippen LogP contribution in [0.4, 0.5) is 5.69 Å². The van der Waals surface area contributed by atoms with Crippen molar-refractivity contribution in [3.63, 3.8) is 0 Å². The standard InChI is InChI=1S/C17H18BrNO2/c1-13-5-2-3-8-16(13)19(10-9-17(20)21)12-14-6-4-7-15(18)11-14/h2-8,11H,9-10,12H2,1H3,(H,20,21). The predicted octanol–water partition coefficient (Wildman–Crippen LogP) is 4.24. The molecule has 0 spiro atoms. The Morgan fingerprint density at radius 2 is 1.95 bits per heavy atom. The van der Waals surface area contributed by atoms with E-state index in [0.29, 0.717) is 13.1 Å². The molecule has 0 fully saturated rings. The van der Waals surface area contributed by atoms with Gasteiger partial charge >= 0.3 is 5.97 Å². The Morgan fingerprint density at radius 3 is 2.62 bits per heavy atom. The van der Waals surface area contributed by atoms with Gasteiger partial charge in [-0.2, -0.15) is 0 Å². The van der Waals surface area contributed by atoms with Gasteiger partial charge in [-0.25, -0.2) is 0 Å². The van der Waals surface area contributed by atoms with E-state index < -0.39 is 5.97 Å². The summed E-state index contributed by atoms with van der Waals surface area (Å²) in [5, 5.41) is 8.95. The topological polar surface area (TPSA) is 40.5 Å². The highest BCUT2D eigenvalue weighted by Gasteiger charge is 2.11. The molecule has 0 radical (unpaired) electrons. The van der Waals surface area contributed by atoms with Crippen molar-refractivity contribution in [1.29, 1.82) is 0 Å². The highest BCUT2D eigenvalue weighted by Crippen LogP contribution is 2.23. The molecule has 21 heavy (non-hydrogen) atoms. The molecule has 0 aliphatic carbocycles. The first-order valence-corrected chi connectivity index (χ1v) is 7.62. The van der Waals surface area contributed by atoms with Crippen LogP contribution < -0.4 is 4.90 Å². The summed E-state index contributed by atoms with van der Waals surface area (Å²) < 4.78 is 1.03. The molecule has 0 unspecified atom stereocenters. The maximum Gasteiger partial charge on any atom is 0.305 e. The van der Waals surface area contributed by atoms with Crippen molar-refractivity contribution in [2.45, 2.75) is 19.9 Å². The van der Waals surface area contributed by atoms with E-state index in [0.717, 1.165) is 21.3 Å². The smallest absolute Gasteiger partial charge is 0.305 e. The molecular weight excluding hydrogens is 330 g/mol. The highest BCUT2D eigenvalue weighted by molar-refractivity contribution is 9.10. The van der Waals surface area contributed by atoms with Gasteiger partial charge in [-0.15, -0.1) is 0 Å². The van der Waals surface area contributed by atoms with Gasteiger partial charge in [0.05, 0.1) is 6.42 Å². The zero-order chi connectivity index (χ0) is 15.2. The highest BCUT2D eigenvalue weighted by atomic mass is 79.9. The molecule has 0 amide bonds. The van der Waals surface area contributed by atoms with Gasteiger partial charge in [-0.05, 0) is 36.2 Å². The van der Waals surface area contributed by atoms with Gasteiger partial charge < -0.3 is 10.0 Å². The van der Waals surface area contributed by atoms with Crippen LogP contribution >= 0.6 is 15.9 Å². The number of hydrogen-bond donors (Lipinski definition) is 1. The Balaban J connectivity index is 2.23. The van der Waals surface area contributed by atoms with E-state index in [1.54, 1.807) is 0 Å². The summed E-state index contributed by atoms with van der Waals surface area (Å²) in [6.07, 6.45) is 0.127. The van der Waals surface area contributed by atoms with E-state index in [4.69, 9.17) is 5.11 Å². The molecule has 0 saturated carbocycles. The fourth-order valence-corrected chi connectivity index (χ4v) is 2.74. The minimum Gasteiger partial charge on any atom is -0.481 e. The van der Waals surface area contributed by atoms with Crippen LogP contribution in [0, 0.1) is 6.92 Å². The van der Waals surface area contributed by atoms with E-state index in [9.17, 15) is 4.79 Å². The average Bonchev–Trinajstić information content (AvgIpc) is 2.44. The Morgan fingerprint density at radius 1 is 1.19 bits per heavy atom. The second-order valence-electron chi connectivity index (χ2n) is 4.98. The van der Waals surface area contributed by atoms with E-state index >= 15 is 0 Å². The Labute approximate surface area is 133 Å². The zero-order valence-electron chi connectivity index (χ0n) is 11.9. The summed E-state index contributed by atoms with van der Waals surface area (Å²) in [7, 11) is 0. The summed E-state index contributed by atoms with van der Waals surface area (Å²) in [4.78, 5) is 13.0. The van der Waals surface area contributed by atoms with Gasteiger partial charge in [0, 0.05) is 23.2 Å². The number of carboxylic acids is 1. The number of halogens is 1. The van der Waals surface area contributed by atoms with Crippen LogP contribution in [0.1, 0.15) is 17.5 Å². The van der Waals surface area contributed by atoms with Crippen molar-refractivity contribution in [2.75, 3.05) is 11.4 Å². The lowest BCUT2D eigenvalue weighted by atomic mass is 10.1. The minimum atomic E-state index is -0.775. The summed E-state index contributed by atoms with van der Waals surface area (Å²) in [6.45, 7) is 3.23. The molecular formula is C17H18BrNO2. The van der Waals surface area contributed by atoms with Gasteiger partial charge in [-0.1, -0.05) is 46.3 Å². The van der Waals surface area contributed by atoms with Crippen LogP contribution in [0.25, 0.3) is 0 Å². The third kappa shape index (κ3) is 4.60. The number of para-hydroxylation sites is 1. The Kier molecular flexibility index (Phi) is 5.39. The summed E-state index contributed by atoms with van der Waals surface area (Å²) in [5.74, 6) is -0.775. The van der Waals surface area contributed by atoms with Crippen molar-refractivity contribution in [1.82, 2.24) is 0 Å². The number of carboxylic acid groups (broad SMARTS) is 1. The molecule has 2 aromatic carbocycles. The number of benzene rings is 2. The van der Waals surface area contributed by atoms with Crippen LogP contribution in [0.2, 0.25) is 0 Å². The van der Waals surface area contributed by atoms with Gasteiger partial charge in [-0.3, -0.25) is 4.79 Å². The molecule has 0 aliphatic heterocycles. The lowest BCUT2D eigenvalue weighted by molar-refractivity contribution is -0.136. The Hall–Kier alpha value is -1.81. The lowest BCUT2D eigenvalue weighted by Gasteiger charge is -2.26. The SMILES string of the molecule is Cc1ccccc1N(CCC(=O)O)Cc1cccc(Br)c1. The van der Waals surface area contributed by atoms with Crippen LogP contribution in [0.15, 0.2) is 53.0 Å². The first kappa shape index (κ1) is 15.6. The maximum atomic E-state index is 10.9. The van der Waals surface area contributed by atoms with E-state index in [2.05, 4.69) is 33.0 Å². The van der Waals surface area contributed by atoms with Crippen LogP contribution in [0.5, 0.6) is 0 Å². The molecule has 0 saturated heterocycles. The molecule has 0 bridgehead atoms. The first-order valence-electron chi connectivity index (χ1n) is 6.83.